The number of likely N-dealkylation sites (tertiary alicyclic amines) is 1. The standard InChI is InChI=1S/C26H34N2O5/c1-5-10-20-12-8-11-19(2)28(20)24(30)18-26(21-13-6-7-14-22(21)33-4)17-23(29)27(25(26)31)15-9-16-32-3/h5-8,11,13-14,19-20H,1,9-10,12,15-18H2,2-4H3/t19-,20-,26?/m1/s1. The van der Waals surface area contributed by atoms with Crippen LogP contribution in [0.15, 0.2) is 49.1 Å². The van der Waals surface area contributed by atoms with Crippen molar-refractivity contribution in [3.05, 3.63) is 54.6 Å². The number of hydrogen-bond acceptors (Lipinski definition) is 5. The number of methoxy groups -OCH3 is 2. The van der Waals surface area contributed by atoms with Gasteiger partial charge in [0.15, 0.2) is 0 Å². The van der Waals surface area contributed by atoms with E-state index in [4.69, 9.17) is 9.47 Å². The molecule has 0 aliphatic carbocycles. The summed E-state index contributed by atoms with van der Waals surface area (Å²) in [5, 5.41) is 0. The maximum atomic E-state index is 13.8. The maximum absolute atomic E-state index is 13.8. The topological polar surface area (TPSA) is 76.2 Å². The highest BCUT2D eigenvalue weighted by molar-refractivity contribution is 6.11. The lowest BCUT2D eigenvalue weighted by Crippen LogP contribution is -2.50. The van der Waals surface area contributed by atoms with Crippen molar-refractivity contribution in [3.63, 3.8) is 0 Å². The molecule has 0 radical (unpaired) electrons. The van der Waals surface area contributed by atoms with Crippen molar-refractivity contribution in [1.82, 2.24) is 9.80 Å². The van der Waals surface area contributed by atoms with Gasteiger partial charge in [-0.05, 0) is 32.3 Å². The van der Waals surface area contributed by atoms with Crippen molar-refractivity contribution in [1.29, 1.82) is 0 Å². The van der Waals surface area contributed by atoms with E-state index in [1.54, 1.807) is 19.2 Å². The molecule has 2 aliphatic rings. The molecule has 7 nitrogen and oxygen atoms in total. The minimum atomic E-state index is -1.30. The van der Waals surface area contributed by atoms with Crippen LogP contribution in [0.1, 0.15) is 44.6 Å². The Bertz CT molecular complexity index is 927. The van der Waals surface area contributed by atoms with Gasteiger partial charge >= 0.3 is 0 Å². The average molecular weight is 455 g/mol. The number of benzene rings is 1. The summed E-state index contributed by atoms with van der Waals surface area (Å²) in [6.07, 6.45) is 7.69. The summed E-state index contributed by atoms with van der Waals surface area (Å²) in [7, 11) is 3.11. The molecule has 2 aliphatic heterocycles. The third kappa shape index (κ3) is 4.88. The van der Waals surface area contributed by atoms with Crippen molar-refractivity contribution >= 4 is 17.7 Å². The summed E-state index contributed by atoms with van der Waals surface area (Å²) >= 11 is 0. The molecule has 0 saturated carbocycles. The van der Waals surface area contributed by atoms with Crippen LogP contribution in [-0.2, 0) is 24.5 Å². The van der Waals surface area contributed by atoms with Gasteiger partial charge in [-0.25, -0.2) is 0 Å². The molecule has 1 saturated heterocycles. The van der Waals surface area contributed by atoms with Gasteiger partial charge in [0, 0.05) is 50.8 Å². The Morgan fingerprint density at radius 3 is 2.73 bits per heavy atom. The second-order valence-electron chi connectivity index (χ2n) is 8.72. The molecule has 178 valence electrons. The van der Waals surface area contributed by atoms with Crippen LogP contribution >= 0.6 is 0 Å². The second-order valence-corrected chi connectivity index (χ2v) is 8.72. The zero-order valence-electron chi connectivity index (χ0n) is 19.8. The van der Waals surface area contributed by atoms with Crippen molar-refractivity contribution in [2.75, 3.05) is 27.4 Å². The van der Waals surface area contributed by atoms with Crippen LogP contribution in [0.4, 0.5) is 0 Å². The first kappa shape index (κ1) is 24.7. The lowest BCUT2D eigenvalue weighted by Gasteiger charge is -2.39. The van der Waals surface area contributed by atoms with E-state index in [0.717, 1.165) is 6.42 Å². The molecule has 1 aromatic carbocycles. The number of rotatable bonds is 10. The van der Waals surface area contributed by atoms with E-state index in [1.165, 1.54) is 12.0 Å². The summed E-state index contributed by atoms with van der Waals surface area (Å²) < 4.78 is 10.6. The molecule has 1 aromatic rings. The lowest BCUT2D eigenvalue weighted by atomic mass is 9.74. The largest absolute Gasteiger partial charge is 0.496 e. The zero-order valence-corrected chi connectivity index (χ0v) is 19.8. The molecule has 3 atom stereocenters. The molecule has 1 unspecified atom stereocenters. The molecular weight excluding hydrogens is 420 g/mol. The SMILES string of the molecule is C=CC[C@@H]1CC=C[C@@H](C)N1C(=O)CC1(c2ccccc2OC)CC(=O)N(CCCOC)C1=O. The summed E-state index contributed by atoms with van der Waals surface area (Å²) in [5.41, 5.74) is -0.720. The smallest absolute Gasteiger partial charge is 0.241 e. The molecule has 3 rings (SSSR count). The third-order valence-corrected chi connectivity index (χ3v) is 6.60. The number of hydrogen-bond donors (Lipinski definition) is 0. The number of carbonyl (C=O) groups is 3. The summed E-state index contributed by atoms with van der Waals surface area (Å²) in [5.74, 6) is -0.269. The second kappa shape index (κ2) is 10.8. The van der Waals surface area contributed by atoms with Gasteiger partial charge in [0.2, 0.25) is 17.7 Å². The molecule has 3 amide bonds. The van der Waals surface area contributed by atoms with Crippen LogP contribution in [0, 0.1) is 0 Å². The average Bonchev–Trinajstić information content (AvgIpc) is 3.04. The van der Waals surface area contributed by atoms with Gasteiger partial charge in [0.25, 0.3) is 0 Å². The number of ether oxygens (including phenoxy) is 2. The molecule has 1 fully saturated rings. The number of nitrogens with zero attached hydrogens (tertiary/aromatic N) is 2. The Balaban J connectivity index is 2.01. The van der Waals surface area contributed by atoms with Crippen molar-refractivity contribution in [2.24, 2.45) is 0 Å². The van der Waals surface area contributed by atoms with E-state index in [2.05, 4.69) is 12.7 Å². The first-order valence-corrected chi connectivity index (χ1v) is 11.5. The zero-order chi connectivity index (χ0) is 24.0. The molecule has 0 bridgehead atoms. The van der Waals surface area contributed by atoms with Gasteiger partial charge < -0.3 is 14.4 Å². The Labute approximate surface area is 196 Å². The Hall–Kier alpha value is -2.93. The Morgan fingerprint density at radius 2 is 2.03 bits per heavy atom. The Kier molecular flexibility index (Phi) is 8.08. The highest BCUT2D eigenvalue weighted by atomic mass is 16.5. The van der Waals surface area contributed by atoms with Crippen LogP contribution < -0.4 is 4.74 Å². The maximum Gasteiger partial charge on any atom is 0.241 e. The van der Waals surface area contributed by atoms with E-state index in [9.17, 15) is 14.4 Å². The van der Waals surface area contributed by atoms with Gasteiger partial charge in [0.1, 0.15) is 5.75 Å². The molecule has 0 N–H and O–H groups in total. The number of carbonyl (C=O) groups excluding carboxylic acids is 3. The molecule has 2 heterocycles. The van der Waals surface area contributed by atoms with Crippen LogP contribution in [0.2, 0.25) is 0 Å². The monoisotopic (exact) mass is 454 g/mol. The van der Waals surface area contributed by atoms with Crippen molar-refractivity contribution in [3.8, 4) is 5.75 Å². The van der Waals surface area contributed by atoms with E-state index in [1.807, 2.05) is 36.1 Å². The highest BCUT2D eigenvalue weighted by Gasteiger charge is 2.55. The number of amides is 3. The van der Waals surface area contributed by atoms with Crippen LogP contribution in [0.5, 0.6) is 5.75 Å². The first-order chi connectivity index (χ1) is 15.9. The first-order valence-electron chi connectivity index (χ1n) is 11.5. The third-order valence-electron chi connectivity index (χ3n) is 6.60. The van der Waals surface area contributed by atoms with Gasteiger partial charge in [0.05, 0.1) is 12.5 Å². The molecule has 0 spiro atoms. The van der Waals surface area contributed by atoms with Crippen LogP contribution in [0.3, 0.4) is 0 Å². The number of imide groups is 1. The molecular formula is C26H34N2O5. The minimum Gasteiger partial charge on any atom is -0.496 e. The van der Waals surface area contributed by atoms with E-state index >= 15 is 0 Å². The summed E-state index contributed by atoms with van der Waals surface area (Å²) in [6.45, 7) is 6.51. The molecule has 0 aromatic heterocycles. The fraction of sp³-hybridized carbons (Fsp3) is 0.500. The highest BCUT2D eigenvalue weighted by Crippen LogP contribution is 2.44. The normalized spacial score (nSPS) is 24.9. The van der Waals surface area contributed by atoms with E-state index in [-0.39, 0.29) is 49.2 Å². The predicted octanol–water partition coefficient (Wildman–Crippen LogP) is 3.24. The quantitative estimate of drug-likeness (QED) is 0.308. The molecule has 7 heteroatoms. The van der Waals surface area contributed by atoms with Gasteiger partial charge in [-0.1, -0.05) is 36.4 Å². The van der Waals surface area contributed by atoms with Crippen LogP contribution in [-0.4, -0.2) is 67.0 Å². The fourth-order valence-electron chi connectivity index (χ4n) is 5.03. The van der Waals surface area contributed by atoms with E-state index < -0.39 is 5.41 Å². The van der Waals surface area contributed by atoms with Gasteiger partial charge in [-0.2, -0.15) is 0 Å². The lowest BCUT2D eigenvalue weighted by molar-refractivity contribution is -0.144. The minimum absolute atomic E-state index is 0.0188. The molecule has 33 heavy (non-hydrogen) atoms. The summed E-state index contributed by atoms with van der Waals surface area (Å²) in [4.78, 5) is 43.7. The predicted molar refractivity (Wildman–Crippen MR) is 126 cm³/mol. The summed E-state index contributed by atoms with van der Waals surface area (Å²) in [6, 6.07) is 7.05. The van der Waals surface area contributed by atoms with Crippen molar-refractivity contribution < 1.29 is 23.9 Å². The van der Waals surface area contributed by atoms with Gasteiger partial charge in [-0.15, -0.1) is 6.58 Å². The van der Waals surface area contributed by atoms with Crippen LogP contribution in [0.25, 0.3) is 0 Å². The van der Waals surface area contributed by atoms with E-state index in [0.29, 0.717) is 30.8 Å². The Morgan fingerprint density at radius 1 is 1.27 bits per heavy atom. The van der Waals surface area contributed by atoms with Gasteiger partial charge in [-0.3, -0.25) is 19.3 Å². The van der Waals surface area contributed by atoms with Crippen molar-refractivity contribution in [2.45, 2.75) is 56.5 Å². The fourth-order valence-corrected chi connectivity index (χ4v) is 5.03. The number of para-hydroxylation sites is 1.